The minimum Gasteiger partial charge on any atom is -0.492 e. The van der Waals surface area contributed by atoms with Crippen molar-refractivity contribution in [2.45, 2.75) is 19.4 Å². The number of carbonyl (C=O) groups is 1. The summed E-state index contributed by atoms with van der Waals surface area (Å²) in [6.07, 6.45) is -0.0553. The third-order valence-corrected chi connectivity index (χ3v) is 3.02. The van der Waals surface area contributed by atoms with E-state index in [1.165, 1.54) is 7.11 Å². The van der Waals surface area contributed by atoms with E-state index in [1.807, 2.05) is 19.1 Å². The van der Waals surface area contributed by atoms with E-state index < -0.39 is 0 Å². The number of amides is 1. The van der Waals surface area contributed by atoms with Crippen molar-refractivity contribution in [2.24, 2.45) is 5.73 Å². The maximum atomic E-state index is 11.9. The summed E-state index contributed by atoms with van der Waals surface area (Å²) in [6, 6.07) is 5.45. The zero-order valence-corrected chi connectivity index (χ0v) is 12.7. The third kappa shape index (κ3) is 5.18. The molecule has 0 heterocycles. The Morgan fingerprint density at radius 2 is 2.26 bits per heavy atom. The van der Waals surface area contributed by atoms with Gasteiger partial charge in [-0.3, -0.25) is 4.79 Å². The quantitative estimate of drug-likeness (QED) is 0.803. The van der Waals surface area contributed by atoms with Crippen molar-refractivity contribution >= 4 is 27.5 Å². The molecule has 0 fully saturated rings. The molecule has 1 aromatic carbocycles. The van der Waals surface area contributed by atoms with E-state index in [0.29, 0.717) is 24.6 Å². The Labute approximate surface area is 121 Å². The number of methoxy groups -OCH3 is 1. The number of halogens is 1. The topological polar surface area (TPSA) is 73.6 Å². The van der Waals surface area contributed by atoms with Gasteiger partial charge in [-0.15, -0.1) is 0 Å². The SMILES string of the molecule is CCOc1cc(Br)ccc1NC(=O)CC(CN)OC. The molecule has 0 aromatic heterocycles. The molecule has 0 spiro atoms. The lowest BCUT2D eigenvalue weighted by molar-refractivity contribution is -0.118. The molecule has 0 bridgehead atoms. The molecule has 1 aromatic rings. The van der Waals surface area contributed by atoms with Crippen molar-refractivity contribution in [3.8, 4) is 5.75 Å². The van der Waals surface area contributed by atoms with Crippen LogP contribution in [0, 0.1) is 0 Å². The van der Waals surface area contributed by atoms with Crippen LogP contribution in [0.15, 0.2) is 22.7 Å². The monoisotopic (exact) mass is 330 g/mol. The van der Waals surface area contributed by atoms with E-state index in [0.717, 1.165) is 4.47 Å². The Bertz CT molecular complexity index is 422. The molecule has 6 heteroatoms. The maximum Gasteiger partial charge on any atom is 0.227 e. The smallest absolute Gasteiger partial charge is 0.227 e. The molecular formula is C13H19BrN2O3. The molecule has 0 aliphatic heterocycles. The second-order valence-electron chi connectivity index (χ2n) is 3.92. The number of hydrogen-bond acceptors (Lipinski definition) is 4. The fraction of sp³-hybridized carbons (Fsp3) is 0.462. The van der Waals surface area contributed by atoms with E-state index in [1.54, 1.807) is 6.07 Å². The molecule has 1 rings (SSSR count). The van der Waals surface area contributed by atoms with Crippen molar-refractivity contribution < 1.29 is 14.3 Å². The Morgan fingerprint density at radius 3 is 2.84 bits per heavy atom. The summed E-state index contributed by atoms with van der Waals surface area (Å²) in [4.78, 5) is 11.9. The zero-order valence-electron chi connectivity index (χ0n) is 11.1. The number of ether oxygens (including phenoxy) is 2. The lowest BCUT2D eigenvalue weighted by Gasteiger charge is -2.15. The van der Waals surface area contributed by atoms with E-state index in [4.69, 9.17) is 15.2 Å². The molecule has 1 atom stereocenters. The first-order valence-corrected chi connectivity index (χ1v) is 6.85. The number of nitrogens with one attached hydrogen (secondary N) is 1. The van der Waals surface area contributed by atoms with Crippen molar-refractivity contribution in [3.05, 3.63) is 22.7 Å². The molecule has 0 aliphatic carbocycles. The van der Waals surface area contributed by atoms with Gasteiger partial charge in [-0.25, -0.2) is 0 Å². The second-order valence-corrected chi connectivity index (χ2v) is 4.83. The van der Waals surface area contributed by atoms with Crippen LogP contribution in [0.2, 0.25) is 0 Å². The average Bonchev–Trinajstić information content (AvgIpc) is 2.39. The van der Waals surface area contributed by atoms with Crippen molar-refractivity contribution in [1.82, 2.24) is 0 Å². The highest BCUT2D eigenvalue weighted by Crippen LogP contribution is 2.28. The number of hydrogen-bond donors (Lipinski definition) is 2. The summed E-state index contributed by atoms with van der Waals surface area (Å²) < 4.78 is 11.4. The lowest BCUT2D eigenvalue weighted by Crippen LogP contribution is -2.28. The van der Waals surface area contributed by atoms with Crippen LogP contribution in [-0.2, 0) is 9.53 Å². The van der Waals surface area contributed by atoms with Crippen LogP contribution >= 0.6 is 15.9 Å². The number of rotatable bonds is 7. The minimum atomic E-state index is -0.272. The highest BCUT2D eigenvalue weighted by Gasteiger charge is 2.13. The third-order valence-electron chi connectivity index (χ3n) is 2.53. The highest BCUT2D eigenvalue weighted by atomic mass is 79.9. The number of nitrogens with two attached hydrogens (primary N) is 1. The normalized spacial score (nSPS) is 12.0. The van der Waals surface area contributed by atoms with Crippen molar-refractivity contribution in [3.63, 3.8) is 0 Å². The average molecular weight is 331 g/mol. The first kappa shape index (κ1) is 15.9. The predicted molar refractivity (Wildman–Crippen MR) is 78.4 cm³/mol. The van der Waals surface area contributed by atoms with Gasteiger partial charge in [0, 0.05) is 18.1 Å². The molecule has 1 unspecified atom stereocenters. The van der Waals surface area contributed by atoms with Crippen molar-refractivity contribution in [2.75, 3.05) is 25.6 Å². The maximum absolute atomic E-state index is 11.9. The van der Waals surface area contributed by atoms with Crippen LogP contribution in [0.5, 0.6) is 5.75 Å². The summed E-state index contributed by atoms with van der Waals surface area (Å²) in [5.41, 5.74) is 6.13. The molecule has 0 aliphatic rings. The van der Waals surface area contributed by atoms with Gasteiger partial charge in [0.25, 0.3) is 0 Å². The molecule has 0 radical (unpaired) electrons. The van der Waals surface area contributed by atoms with Gasteiger partial charge in [-0.05, 0) is 25.1 Å². The van der Waals surface area contributed by atoms with Gasteiger partial charge in [-0.2, -0.15) is 0 Å². The Morgan fingerprint density at radius 1 is 1.53 bits per heavy atom. The van der Waals surface area contributed by atoms with Crippen LogP contribution in [0.3, 0.4) is 0 Å². The predicted octanol–water partition coefficient (Wildman–Crippen LogP) is 2.15. The van der Waals surface area contributed by atoms with Crippen LogP contribution in [0.4, 0.5) is 5.69 Å². The molecule has 0 saturated heterocycles. The van der Waals surface area contributed by atoms with Crippen LogP contribution in [0.25, 0.3) is 0 Å². The van der Waals surface area contributed by atoms with Crippen LogP contribution in [-0.4, -0.2) is 32.3 Å². The van der Waals surface area contributed by atoms with Crippen molar-refractivity contribution in [1.29, 1.82) is 0 Å². The van der Waals surface area contributed by atoms with Gasteiger partial charge in [0.15, 0.2) is 0 Å². The first-order valence-electron chi connectivity index (χ1n) is 6.05. The molecule has 106 valence electrons. The largest absolute Gasteiger partial charge is 0.492 e. The number of carbonyl (C=O) groups excluding carboxylic acids is 1. The summed E-state index contributed by atoms with van der Waals surface area (Å²) in [7, 11) is 1.54. The summed E-state index contributed by atoms with van der Waals surface area (Å²) in [5.74, 6) is 0.479. The van der Waals surface area contributed by atoms with Gasteiger partial charge in [0.05, 0.1) is 24.8 Å². The molecule has 5 nitrogen and oxygen atoms in total. The Balaban J connectivity index is 2.72. The van der Waals surface area contributed by atoms with Gasteiger partial charge in [0.2, 0.25) is 5.91 Å². The first-order chi connectivity index (χ1) is 9.10. The summed E-state index contributed by atoms with van der Waals surface area (Å²) >= 11 is 3.37. The number of benzene rings is 1. The van der Waals surface area contributed by atoms with Gasteiger partial charge < -0.3 is 20.5 Å². The van der Waals surface area contributed by atoms with E-state index >= 15 is 0 Å². The van der Waals surface area contributed by atoms with Gasteiger partial charge in [0.1, 0.15) is 5.75 Å². The molecule has 19 heavy (non-hydrogen) atoms. The minimum absolute atomic E-state index is 0.152. The second kappa shape index (κ2) is 8.14. The lowest BCUT2D eigenvalue weighted by atomic mass is 10.2. The molecule has 0 saturated carbocycles. The molecule has 3 N–H and O–H groups in total. The fourth-order valence-corrected chi connectivity index (χ4v) is 1.89. The fourth-order valence-electron chi connectivity index (χ4n) is 1.55. The van der Waals surface area contributed by atoms with Gasteiger partial charge >= 0.3 is 0 Å². The standard InChI is InChI=1S/C13H19BrN2O3/c1-3-19-12-6-9(14)4-5-11(12)16-13(17)7-10(8-15)18-2/h4-6,10H,3,7-8,15H2,1-2H3,(H,16,17). The number of anilines is 1. The Kier molecular flexibility index (Phi) is 6.83. The highest BCUT2D eigenvalue weighted by molar-refractivity contribution is 9.10. The van der Waals surface area contributed by atoms with Crippen LogP contribution < -0.4 is 15.8 Å². The Hall–Kier alpha value is -1.11. The summed E-state index contributed by atoms with van der Waals surface area (Å²) in [6.45, 7) is 2.73. The van der Waals surface area contributed by atoms with Crippen LogP contribution in [0.1, 0.15) is 13.3 Å². The van der Waals surface area contributed by atoms with E-state index in [-0.39, 0.29) is 18.4 Å². The zero-order chi connectivity index (χ0) is 14.3. The molecule has 1 amide bonds. The van der Waals surface area contributed by atoms with E-state index in [9.17, 15) is 4.79 Å². The summed E-state index contributed by atoms with van der Waals surface area (Å²) in [5, 5.41) is 2.80. The molecular weight excluding hydrogens is 312 g/mol. The van der Waals surface area contributed by atoms with E-state index in [2.05, 4.69) is 21.2 Å². The van der Waals surface area contributed by atoms with Gasteiger partial charge in [-0.1, -0.05) is 15.9 Å².